The van der Waals surface area contributed by atoms with Crippen LogP contribution in [0.5, 0.6) is 0 Å². The average Bonchev–Trinajstić information content (AvgIpc) is 2.66. The van der Waals surface area contributed by atoms with E-state index < -0.39 is 0 Å². The SMILES string of the molecule is CON(C)C(=O)C1(P)CC1. The lowest BCUT2D eigenvalue weighted by atomic mass is 10.4. The Kier molecular flexibility index (Phi) is 1.97. The van der Waals surface area contributed by atoms with Crippen molar-refractivity contribution in [1.82, 2.24) is 5.06 Å². The number of carbonyl (C=O) groups excluding carboxylic acids is 1. The average molecular weight is 161 g/mol. The number of hydrogen-bond donors (Lipinski definition) is 0. The van der Waals surface area contributed by atoms with Gasteiger partial charge in [-0.05, 0) is 12.8 Å². The molecule has 0 aromatic rings. The Hall–Kier alpha value is -0.140. The van der Waals surface area contributed by atoms with Gasteiger partial charge >= 0.3 is 0 Å². The normalized spacial score (nSPS) is 20.3. The monoisotopic (exact) mass is 161 g/mol. The molecule has 1 aliphatic carbocycles. The molecule has 3 nitrogen and oxygen atoms in total. The molecule has 0 spiro atoms. The third kappa shape index (κ3) is 1.30. The van der Waals surface area contributed by atoms with Gasteiger partial charge < -0.3 is 0 Å². The zero-order valence-electron chi connectivity index (χ0n) is 6.26. The van der Waals surface area contributed by atoms with Crippen molar-refractivity contribution < 1.29 is 9.63 Å². The molecule has 10 heavy (non-hydrogen) atoms. The fourth-order valence-electron chi connectivity index (χ4n) is 0.745. The largest absolute Gasteiger partial charge is 0.275 e. The molecule has 1 saturated carbocycles. The summed E-state index contributed by atoms with van der Waals surface area (Å²) in [5, 5.41) is 1.09. The lowest BCUT2D eigenvalue weighted by Crippen LogP contribution is -2.33. The molecule has 1 unspecified atom stereocenters. The van der Waals surface area contributed by atoms with Crippen molar-refractivity contribution >= 4 is 15.1 Å². The first-order valence-corrected chi connectivity index (χ1v) is 3.79. The number of rotatable bonds is 2. The van der Waals surface area contributed by atoms with Gasteiger partial charge in [0.15, 0.2) is 0 Å². The van der Waals surface area contributed by atoms with Crippen LogP contribution in [0.25, 0.3) is 0 Å². The van der Waals surface area contributed by atoms with Gasteiger partial charge in [-0.3, -0.25) is 9.63 Å². The molecule has 1 rings (SSSR count). The van der Waals surface area contributed by atoms with Crippen molar-refractivity contribution in [3.8, 4) is 0 Å². The van der Waals surface area contributed by atoms with Crippen LogP contribution in [0.15, 0.2) is 0 Å². The zero-order valence-corrected chi connectivity index (χ0v) is 7.41. The quantitative estimate of drug-likeness (QED) is 0.433. The second-order valence-electron chi connectivity index (χ2n) is 2.64. The van der Waals surface area contributed by atoms with Crippen molar-refractivity contribution in [2.24, 2.45) is 0 Å². The summed E-state index contributed by atoms with van der Waals surface area (Å²) in [7, 11) is 5.69. The third-order valence-electron chi connectivity index (χ3n) is 1.77. The maximum absolute atomic E-state index is 11.2. The highest BCUT2D eigenvalue weighted by Gasteiger charge is 2.47. The van der Waals surface area contributed by atoms with E-state index >= 15 is 0 Å². The second kappa shape index (κ2) is 2.48. The first-order valence-electron chi connectivity index (χ1n) is 3.21. The summed E-state index contributed by atoms with van der Waals surface area (Å²) in [5.74, 6) is 0.0556. The molecule has 0 aliphatic heterocycles. The van der Waals surface area contributed by atoms with Crippen molar-refractivity contribution in [3.63, 3.8) is 0 Å². The van der Waals surface area contributed by atoms with E-state index in [1.165, 1.54) is 12.2 Å². The molecule has 0 aromatic carbocycles. The van der Waals surface area contributed by atoms with Gasteiger partial charge in [0.2, 0.25) is 0 Å². The van der Waals surface area contributed by atoms with Crippen LogP contribution in [0, 0.1) is 0 Å². The predicted octanol–water partition coefficient (Wildman–Crippen LogP) is 0.414. The van der Waals surface area contributed by atoms with Crippen molar-refractivity contribution in [1.29, 1.82) is 0 Å². The van der Waals surface area contributed by atoms with Crippen molar-refractivity contribution in [2.75, 3.05) is 14.2 Å². The molecule has 0 bridgehead atoms. The molecular weight excluding hydrogens is 149 g/mol. The Morgan fingerprint density at radius 2 is 2.20 bits per heavy atom. The Morgan fingerprint density at radius 1 is 1.70 bits per heavy atom. The molecule has 0 N–H and O–H groups in total. The molecule has 0 heterocycles. The highest BCUT2D eigenvalue weighted by molar-refractivity contribution is 7.21. The van der Waals surface area contributed by atoms with E-state index in [1.54, 1.807) is 7.05 Å². The van der Waals surface area contributed by atoms with E-state index in [-0.39, 0.29) is 11.1 Å². The highest BCUT2D eigenvalue weighted by Crippen LogP contribution is 2.45. The van der Waals surface area contributed by atoms with Crippen LogP contribution in [0.1, 0.15) is 12.8 Å². The Labute approximate surface area is 62.9 Å². The number of nitrogens with zero attached hydrogens (tertiary/aromatic N) is 1. The number of carbonyl (C=O) groups is 1. The smallest absolute Gasteiger partial charge is 0.255 e. The van der Waals surface area contributed by atoms with Crippen LogP contribution in [-0.4, -0.2) is 30.3 Å². The summed E-state index contributed by atoms with van der Waals surface area (Å²) in [6, 6.07) is 0. The topological polar surface area (TPSA) is 29.5 Å². The number of amides is 1. The summed E-state index contributed by atoms with van der Waals surface area (Å²) >= 11 is 0. The minimum atomic E-state index is -0.190. The Morgan fingerprint density at radius 3 is 2.50 bits per heavy atom. The predicted molar refractivity (Wildman–Crippen MR) is 41.5 cm³/mol. The molecule has 1 fully saturated rings. The lowest BCUT2D eigenvalue weighted by Gasteiger charge is -2.17. The van der Waals surface area contributed by atoms with Gasteiger partial charge in [-0.25, -0.2) is 5.06 Å². The zero-order chi connectivity index (χ0) is 7.78. The van der Waals surface area contributed by atoms with Crippen molar-refractivity contribution in [2.45, 2.75) is 18.0 Å². The molecule has 0 radical (unpaired) electrons. The summed E-state index contributed by atoms with van der Waals surface area (Å²) in [5.41, 5.74) is 0. The van der Waals surface area contributed by atoms with Gasteiger partial charge in [0.25, 0.3) is 5.91 Å². The maximum Gasteiger partial charge on any atom is 0.255 e. The van der Waals surface area contributed by atoms with Crippen LogP contribution in [0.2, 0.25) is 0 Å². The first-order chi connectivity index (χ1) is 4.60. The van der Waals surface area contributed by atoms with Crippen LogP contribution >= 0.6 is 9.24 Å². The van der Waals surface area contributed by atoms with Crippen LogP contribution in [0.3, 0.4) is 0 Å². The van der Waals surface area contributed by atoms with Gasteiger partial charge in [-0.15, -0.1) is 9.24 Å². The highest BCUT2D eigenvalue weighted by atomic mass is 31.0. The minimum Gasteiger partial charge on any atom is -0.275 e. The third-order valence-corrected chi connectivity index (χ3v) is 2.60. The lowest BCUT2D eigenvalue weighted by molar-refractivity contribution is -0.168. The fourth-order valence-corrected chi connectivity index (χ4v) is 1.07. The van der Waals surface area contributed by atoms with Crippen LogP contribution < -0.4 is 0 Å². The summed E-state index contributed by atoms with van der Waals surface area (Å²) in [6.07, 6.45) is 1.92. The molecule has 1 atom stereocenters. The van der Waals surface area contributed by atoms with Gasteiger partial charge in [-0.1, -0.05) is 0 Å². The summed E-state index contributed by atoms with van der Waals surface area (Å²) < 4.78 is 0. The number of hydroxylamine groups is 2. The molecule has 1 amide bonds. The van der Waals surface area contributed by atoms with Crippen LogP contribution in [-0.2, 0) is 9.63 Å². The molecule has 4 heteroatoms. The maximum atomic E-state index is 11.2. The van der Waals surface area contributed by atoms with E-state index in [4.69, 9.17) is 4.84 Å². The second-order valence-corrected chi connectivity index (χ2v) is 3.75. The van der Waals surface area contributed by atoms with E-state index in [1.807, 2.05) is 0 Å². The van der Waals surface area contributed by atoms with E-state index in [0.717, 1.165) is 12.8 Å². The molecule has 1 aliphatic rings. The standard InChI is InChI=1S/C6H12NO2P/c1-7(9-2)5(8)6(10)3-4-6/h3-4,10H2,1-2H3. The van der Waals surface area contributed by atoms with Gasteiger partial charge in [0, 0.05) is 7.05 Å². The molecule has 58 valence electrons. The number of hydrogen-bond acceptors (Lipinski definition) is 2. The molecule has 0 aromatic heterocycles. The molecule has 0 saturated heterocycles. The Balaban J connectivity index is 2.49. The Bertz CT molecular complexity index is 156. The summed E-state index contributed by atoms with van der Waals surface area (Å²) in [4.78, 5) is 16.0. The van der Waals surface area contributed by atoms with Crippen LogP contribution in [0.4, 0.5) is 0 Å². The first kappa shape index (κ1) is 7.96. The van der Waals surface area contributed by atoms with E-state index in [2.05, 4.69) is 9.24 Å². The van der Waals surface area contributed by atoms with Crippen molar-refractivity contribution in [3.05, 3.63) is 0 Å². The fraction of sp³-hybridized carbons (Fsp3) is 0.833. The van der Waals surface area contributed by atoms with Gasteiger partial charge in [-0.2, -0.15) is 0 Å². The van der Waals surface area contributed by atoms with E-state index in [0.29, 0.717) is 0 Å². The summed E-state index contributed by atoms with van der Waals surface area (Å²) in [6.45, 7) is 0. The van der Waals surface area contributed by atoms with Gasteiger partial charge in [0.1, 0.15) is 0 Å². The molecular formula is C6H12NO2P. The van der Waals surface area contributed by atoms with Gasteiger partial charge in [0.05, 0.1) is 12.3 Å². The minimum absolute atomic E-state index is 0.0556. The van der Waals surface area contributed by atoms with E-state index in [9.17, 15) is 4.79 Å².